The van der Waals surface area contributed by atoms with Crippen molar-refractivity contribution >= 4 is 45.1 Å². The van der Waals surface area contributed by atoms with Crippen LogP contribution in [-0.2, 0) is 19.6 Å². The fourth-order valence-corrected chi connectivity index (χ4v) is 4.73. The highest BCUT2D eigenvalue weighted by atomic mass is 35.5. The SMILES string of the molecule is CN(C(=O)c1cc2c(cc1Cl)nc(N)c1c2cnn1C)[C@@H]1CCc2nc(C(F)(F)F)ccc21. The zero-order chi connectivity index (χ0) is 23.7. The van der Waals surface area contributed by atoms with Gasteiger partial charge < -0.3 is 10.6 Å². The number of carbonyl (C=O) groups excluding carboxylic acids is 1. The number of halogens is 4. The van der Waals surface area contributed by atoms with Crippen molar-refractivity contribution in [1.82, 2.24) is 24.6 Å². The van der Waals surface area contributed by atoms with Gasteiger partial charge in [-0.25, -0.2) is 9.97 Å². The molecule has 0 unspecified atom stereocenters. The third-order valence-corrected chi connectivity index (χ3v) is 6.44. The highest BCUT2D eigenvalue weighted by Gasteiger charge is 2.36. The van der Waals surface area contributed by atoms with E-state index in [9.17, 15) is 18.0 Å². The number of pyridine rings is 2. The summed E-state index contributed by atoms with van der Waals surface area (Å²) in [5.74, 6) is -0.0495. The van der Waals surface area contributed by atoms with Crippen molar-refractivity contribution in [3.05, 3.63) is 58.0 Å². The highest BCUT2D eigenvalue weighted by Crippen LogP contribution is 2.38. The lowest BCUT2D eigenvalue weighted by Gasteiger charge is -2.26. The molecule has 0 fully saturated rings. The number of amides is 1. The normalized spacial score (nSPS) is 15.9. The second-order valence-electron chi connectivity index (χ2n) is 8.08. The number of rotatable bonds is 2. The zero-order valence-electron chi connectivity index (χ0n) is 17.6. The van der Waals surface area contributed by atoms with Crippen LogP contribution in [0.5, 0.6) is 0 Å². The van der Waals surface area contributed by atoms with Gasteiger partial charge in [-0.2, -0.15) is 18.3 Å². The van der Waals surface area contributed by atoms with E-state index >= 15 is 0 Å². The molecule has 1 aliphatic carbocycles. The maximum Gasteiger partial charge on any atom is 0.433 e. The third-order valence-electron chi connectivity index (χ3n) is 6.13. The van der Waals surface area contributed by atoms with Gasteiger partial charge in [-0.15, -0.1) is 0 Å². The van der Waals surface area contributed by atoms with E-state index in [0.29, 0.717) is 46.3 Å². The van der Waals surface area contributed by atoms with Gasteiger partial charge in [0.2, 0.25) is 0 Å². The number of anilines is 1. The molecule has 0 aliphatic heterocycles. The fourth-order valence-electron chi connectivity index (χ4n) is 4.49. The molecule has 1 aromatic carbocycles. The van der Waals surface area contributed by atoms with Crippen molar-refractivity contribution in [2.45, 2.75) is 25.1 Å². The van der Waals surface area contributed by atoms with Gasteiger partial charge in [-0.3, -0.25) is 9.48 Å². The molecule has 1 aliphatic rings. The molecular weight excluding hydrogens is 457 g/mol. The van der Waals surface area contributed by atoms with Crippen LogP contribution in [-0.4, -0.2) is 37.6 Å². The van der Waals surface area contributed by atoms with Crippen LogP contribution in [0.4, 0.5) is 19.0 Å². The number of nitrogens with zero attached hydrogens (tertiary/aromatic N) is 5. The Hall–Kier alpha value is -3.40. The van der Waals surface area contributed by atoms with E-state index in [1.54, 1.807) is 37.1 Å². The van der Waals surface area contributed by atoms with Gasteiger partial charge in [-0.1, -0.05) is 17.7 Å². The Balaban J connectivity index is 1.54. The van der Waals surface area contributed by atoms with Crippen LogP contribution >= 0.6 is 11.6 Å². The predicted octanol–water partition coefficient (Wildman–Crippen LogP) is 4.53. The number of carbonyl (C=O) groups is 1. The minimum absolute atomic E-state index is 0.207. The molecule has 3 heterocycles. The van der Waals surface area contributed by atoms with Crippen molar-refractivity contribution in [3.8, 4) is 0 Å². The topological polar surface area (TPSA) is 89.9 Å². The number of aryl methyl sites for hydroxylation is 2. The molecule has 2 N–H and O–H groups in total. The fraction of sp³-hybridized carbons (Fsp3) is 0.273. The number of benzene rings is 1. The quantitative estimate of drug-likeness (QED) is 0.461. The van der Waals surface area contributed by atoms with Crippen LogP contribution < -0.4 is 5.73 Å². The minimum Gasteiger partial charge on any atom is -0.382 e. The Morgan fingerprint density at radius 3 is 2.73 bits per heavy atom. The molecule has 0 bridgehead atoms. The zero-order valence-corrected chi connectivity index (χ0v) is 18.4. The molecule has 0 saturated carbocycles. The number of fused-ring (bicyclic) bond motifs is 4. The molecule has 0 radical (unpaired) electrons. The molecule has 1 atom stereocenters. The van der Waals surface area contributed by atoms with Crippen molar-refractivity contribution in [3.63, 3.8) is 0 Å². The van der Waals surface area contributed by atoms with Crippen LogP contribution in [0.2, 0.25) is 5.02 Å². The maximum atomic E-state index is 13.4. The van der Waals surface area contributed by atoms with E-state index in [4.69, 9.17) is 17.3 Å². The van der Waals surface area contributed by atoms with Gasteiger partial charge in [-0.05, 0) is 36.6 Å². The van der Waals surface area contributed by atoms with E-state index in [2.05, 4.69) is 15.1 Å². The summed E-state index contributed by atoms with van der Waals surface area (Å²) < 4.78 is 40.6. The Bertz CT molecular complexity index is 1450. The summed E-state index contributed by atoms with van der Waals surface area (Å²) >= 11 is 6.44. The largest absolute Gasteiger partial charge is 0.433 e. The average molecular weight is 475 g/mol. The lowest BCUT2D eigenvalue weighted by molar-refractivity contribution is -0.141. The van der Waals surface area contributed by atoms with E-state index in [1.165, 1.54) is 11.0 Å². The lowest BCUT2D eigenvalue weighted by Crippen LogP contribution is -2.30. The van der Waals surface area contributed by atoms with Crippen LogP contribution in [0.15, 0.2) is 30.5 Å². The molecule has 1 amide bonds. The van der Waals surface area contributed by atoms with Gasteiger partial charge in [0.15, 0.2) is 0 Å². The van der Waals surface area contributed by atoms with Crippen LogP contribution in [0.3, 0.4) is 0 Å². The molecule has 170 valence electrons. The molecule has 4 aromatic rings. The number of aromatic nitrogens is 4. The smallest absolute Gasteiger partial charge is 0.382 e. The van der Waals surface area contributed by atoms with E-state index in [1.807, 2.05) is 0 Å². The van der Waals surface area contributed by atoms with E-state index in [0.717, 1.165) is 11.5 Å². The Kier molecular flexibility index (Phi) is 4.75. The molecule has 0 saturated heterocycles. The van der Waals surface area contributed by atoms with Crippen molar-refractivity contribution in [2.75, 3.05) is 12.8 Å². The number of hydrogen-bond donors (Lipinski definition) is 1. The van der Waals surface area contributed by atoms with Crippen molar-refractivity contribution in [1.29, 1.82) is 0 Å². The van der Waals surface area contributed by atoms with Gasteiger partial charge >= 0.3 is 6.18 Å². The molecule has 7 nitrogen and oxygen atoms in total. The minimum atomic E-state index is -4.51. The molecular formula is C22H18ClF3N6O. The van der Waals surface area contributed by atoms with Crippen LogP contribution in [0.1, 0.15) is 39.8 Å². The number of hydrogen-bond acceptors (Lipinski definition) is 5. The number of nitrogens with two attached hydrogens (primary N) is 1. The number of alkyl halides is 3. The summed E-state index contributed by atoms with van der Waals surface area (Å²) in [6.07, 6.45) is -2.03. The monoisotopic (exact) mass is 474 g/mol. The lowest BCUT2D eigenvalue weighted by atomic mass is 10.0. The highest BCUT2D eigenvalue weighted by molar-refractivity contribution is 6.35. The maximum absolute atomic E-state index is 13.4. The third kappa shape index (κ3) is 3.36. The second kappa shape index (κ2) is 7.31. The van der Waals surface area contributed by atoms with E-state index < -0.39 is 17.9 Å². The first-order chi connectivity index (χ1) is 15.6. The predicted molar refractivity (Wildman–Crippen MR) is 118 cm³/mol. The standard InChI is InChI=1S/C22H18ClF3N6O/c1-31(17-5-4-15-10(17)3-6-18(29-15)22(24,25)26)21(33)12-7-11-13-9-28-32(2)19(13)20(27)30-16(11)8-14(12)23/h3,6-9,17H,4-5H2,1-2H3,(H2,27,30)/t17-/m1/s1. The first-order valence-electron chi connectivity index (χ1n) is 10.1. The molecule has 33 heavy (non-hydrogen) atoms. The first kappa shape index (κ1) is 21.4. The Morgan fingerprint density at radius 1 is 1.24 bits per heavy atom. The summed E-state index contributed by atoms with van der Waals surface area (Å²) in [5.41, 5.74) is 7.54. The summed E-state index contributed by atoms with van der Waals surface area (Å²) in [6, 6.07) is 5.19. The first-order valence-corrected chi connectivity index (χ1v) is 10.5. The van der Waals surface area contributed by atoms with Crippen molar-refractivity contribution in [2.24, 2.45) is 7.05 Å². The second-order valence-corrected chi connectivity index (χ2v) is 8.48. The van der Waals surface area contributed by atoms with E-state index in [-0.39, 0.29) is 16.5 Å². The average Bonchev–Trinajstić information content (AvgIpc) is 3.35. The Morgan fingerprint density at radius 2 is 2.00 bits per heavy atom. The van der Waals surface area contributed by atoms with Crippen molar-refractivity contribution < 1.29 is 18.0 Å². The molecule has 3 aromatic heterocycles. The summed E-state index contributed by atoms with van der Waals surface area (Å²) in [6.45, 7) is 0. The van der Waals surface area contributed by atoms with Gasteiger partial charge in [0.25, 0.3) is 5.91 Å². The molecule has 5 rings (SSSR count). The number of nitrogen functional groups attached to an aromatic ring is 1. The summed E-state index contributed by atoms with van der Waals surface area (Å²) in [4.78, 5) is 23.1. The van der Waals surface area contributed by atoms with Gasteiger partial charge in [0.05, 0.1) is 28.3 Å². The molecule has 0 spiro atoms. The van der Waals surface area contributed by atoms with Crippen LogP contribution in [0, 0.1) is 0 Å². The summed E-state index contributed by atoms with van der Waals surface area (Å²) in [5, 5.41) is 5.86. The molecule has 11 heteroatoms. The Labute approximate surface area is 191 Å². The summed E-state index contributed by atoms with van der Waals surface area (Å²) in [7, 11) is 3.36. The van der Waals surface area contributed by atoms with Gasteiger partial charge in [0.1, 0.15) is 17.0 Å². The van der Waals surface area contributed by atoms with Gasteiger partial charge in [0, 0.05) is 30.6 Å². The van der Waals surface area contributed by atoms with Crippen LogP contribution in [0.25, 0.3) is 21.8 Å².